The molecule has 2 saturated heterocycles. The van der Waals surface area contributed by atoms with Crippen LogP contribution in [-0.2, 0) is 60.1 Å². The normalized spacial score (nSPS) is 15.8. The predicted octanol–water partition coefficient (Wildman–Crippen LogP) is 9.48. The third-order valence-corrected chi connectivity index (χ3v) is 12.7. The fraction of sp³-hybridized carbons (Fsp3) is 0.556. The van der Waals surface area contributed by atoms with E-state index >= 15 is 0 Å². The molecule has 6 rings (SSSR count). The van der Waals surface area contributed by atoms with E-state index in [0.29, 0.717) is 24.7 Å². The molecule has 4 aromatic carbocycles. The Labute approximate surface area is 530 Å². The fourth-order valence-electron chi connectivity index (χ4n) is 6.00. The number of rotatable bonds is 22. The van der Waals surface area contributed by atoms with Crippen molar-refractivity contribution in [3.05, 3.63) is 119 Å². The Morgan fingerprint density at radius 3 is 0.770 bits per heavy atom. The molecule has 4 unspecified atom stereocenters. The summed E-state index contributed by atoms with van der Waals surface area (Å²) in [5, 5.41) is 28.0. The van der Waals surface area contributed by atoms with E-state index in [1.54, 1.807) is 13.8 Å². The van der Waals surface area contributed by atoms with E-state index in [1.165, 1.54) is 11.1 Å². The fourth-order valence-corrected chi connectivity index (χ4v) is 6.00. The molecule has 6 N–H and O–H groups in total. The largest absolute Gasteiger partial charge is 0.522 e. The maximum absolute atomic E-state index is 10.7. The first-order valence-electron chi connectivity index (χ1n) is 25.7. The van der Waals surface area contributed by atoms with Crippen LogP contribution in [-0.4, -0.2) is 166 Å². The van der Waals surface area contributed by atoms with Crippen LogP contribution in [0.25, 0.3) is 0 Å². The Hall–Kier alpha value is -3.85. The molecule has 0 saturated carbocycles. The second kappa shape index (κ2) is 36.9. The van der Waals surface area contributed by atoms with Crippen molar-refractivity contribution in [3.8, 4) is 23.0 Å². The smallest absolute Gasteiger partial charge is 0.491 e. The van der Waals surface area contributed by atoms with Crippen molar-refractivity contribution >= 4 is 30.4 Å². The maximum Gasteiger partial charge on any atom is 0.522 e. The molecule has 504 valence electrons. The number of hydrogen-bond acceptors (Lipinski definition) is 17. The molecule has 4 atom stereocenters. The van der Waals surface area contributed by atoms with Gasteiger partial charge in [-0.2, -0.15) is 64.8 Å². The molecule has 4 aromatic rings. The van der Waals surface area contributed by atoms with E-state index in [0.717, 1.165) is 35.8 Å². The molecule has 2 fully saturated rings. The van der Waals surface area contributed by atoms with Gasteiger partial charge < -0.3 is 53.2 Å². The Kier molecular flexibility index (Phi) is 35.2. The summed E-state index contributed by atoms with van der Waals surface area (Å²) in [7, 11) is -17.5. The molecule has 0 amide bonds. The van der Waals surface area contributed by atoms with Gasteiger partial charge in [-0.05, 0) is 112 Å². The average molecular weight is 1480 g/mol. The third kappa shape index (κ3) is 34.8. The number of hydrogen-bond donors (Lipinski definition) is 6. The summed E-state index contributed by atoms with van der Waals surface area (Å²) in [6.07, 6.45) is -0.761. The van der Waals surface area contributed by atoms with Crippen LogP contribution in [0.3, 0.4) is 0 Å². The van der Waals surface area contributed by atoms with Crippen molar-refractivity contribution in [3.63, 3.8) is 0 Å². The molecule has 2 aliphatic rings. The van der Waals surface area contributed by atoms with Crippen LogP contribution in [0.4, 0.5) is 39.5 Å². The number of aliphatic hydroxyl groups is 3. The predicted molar refractivity (Wildman–Crippen MR) is 296 cm³/mol. The summed E-state index contributed by atoms with van der Waals surface area (Å²) in [6.45, 7) is 23.8. The van der Waals surface area contributed by atoms with E-state index < -0.39 is 59.1 Å². The van der Waals surface area contributed by atoms with Gasteiger partial charge in [0.1, 0.15) is 73.8 Å². The minimum Gasteiger partial charge on any atom is -0.491 e. The molecule has 2 heterocycles. The van der Waals surface area contributed by atoms with Gasteiger partial charge >= 0.3 is 46.9 Å². The van der Waals surface area contributed by atoms with Crippen LogP contribution in [0, 0.1) is 37.3 Å². The number of alkyl halides is 9. The van der Waals surface area contributed by atoms with E-state index in [2.05, 4.69) is 52.0 Å². The molecule has 33 heteroatoms. The standard InChI is InChI=1S/C27H40O6.C21H24O4.C3H8O.3CHF3O3S.Er/c1-19(2)30-15-23(28)17-32-25-11-7-21(8-12-25)27(5,6)22-9-13-26(14-10-22)33-18-24(29)16-31-20(3)4;1-21(2,15-3-7-17(8-4-15)22-11-19-13-24-19)16-5-9-18(10-6-16)23-12-20-14-25-20;1-3(2)4;3*2-1(3,4)8(5,6)7;/h7-14,19-20,23-24,28-29H,15-18H2,1-6H3;3-10,19-20H,11-14H2,1-2H3;3-4H,1-2H3;3*(H,5,6,7);. The topological polar surface area (TPSA) is 304 Å². The second-order valence-electron chi connectivity index (χ2n) is 20.4. The second-order valence-corrected chi connectivity index (χ2v) is 24.7. The van der Waals surface area contributed by atoms with Gasteiger partial charge in [-0.3, -0.25) is 13.7 Å². The molecule has 0 radical (unpaired) electrons. The van der Waals surface area contributed by atoms with E-state index in [1.807, 2.05) is 100 Å². The summed E-state index contributed by atoms with van der Waals surface area (Å²) in [5.74, 6) is 3.20. The molecule has 20 nitrogen and oxygen atoms in total. The van der Waals surface area contributed by atoms with Crippen LogP contribution in [0.1, 0.15) is 91.5 Å². The van der Waals surface area contributed by atoms with Crippen molar-refractivity contribution in [2.45, 2.75) is 139 Å². The van der Waals surface area contributed by atoms with Crippen LogP contribution in [0.15, 0.2) is 97.1 Å². The average Bonchev–Trinajstić information content (AvgIpc) is 3.40. The molecule has 0 bridgehead atoms. The Morgan fingerprint density at radius 1 is 0.425 bits per heavy atom. The first-order valence-corrected chi connectivity index (χ1v) is 30.0. The van der Waals surface area contributed by atoms with Crippen molar-refractivity contribution in [2.75, 3.05) is 52.9 Å². The molecule has 0 aromatic heterocycles. The van der Waals surface area contributed by atoms with Gasteiger partial charge in [-0.1, -0.05) is 76.2 Å². The number of epoxide rings is 2. The number of aliphatic hydroxyl groups excluding tert-OH is 3. The first kappa shape index (κ1) is 83.1. The Bertz CT molecular complexity index is 2680. The van der Waals surface area contributed by atoms with Gasteiger partial charge in [-0.25, -0.2) is 0 Å². The van der Waals surface area contributed by atoms with E-state index in [4.69, 9.17) is 81.9 Å². The van der Waals surface area contributed by atoms with Crippen LogP contribution in [0.5, 0.6) is 23.0 Å². The van der Waals surface area contributed by atoms with Gasteiger partial charge in [0.05, 0.1) is 38.6 Å². The summed E-state index contributed by atoms with van der Waals surface area (Å²) < 4.78 is 217. The van der Waals surface area contributed by atoms with Gasteiger partial charge in [-0.15, -0.1) is 0 Å². The van der Waals surface area contributed by atoms with Crippen LogP contribution in [0.2, 0.25) is 0 Å². The van der Waals surface area contributed by atoms with Crippen LogP contribution >= 0.6 is 0 Å². The molecule has 0 aliphatic carbocycles. The molecular formula is C54H75ErF9O20S3. The number of halogens is 9. The zero-order valence-electron chi connectivity index (χ0n) is 48.7. The summed E-state index contributed by atoms with van der Waals surface area (Å²) in [4.78, 5) is 0. The maximum atomic E-state index is 10.7. The zero-order valence-corrected chi connectivity index (χ0v) is 53.1. The summed E-state index contributed by atoms with van der Waals surface area (Å²) >= 11 is 0. The van der Waals surface area contributed by atoms with E-state index in [9.17, 15) is 49.7 Å². The zero-order chi connectivity index (χ0) is 66.3. The van der Waals surface area contributed by atoms with Gasteiger partial charge in [0.2, 0.25) is 0 Å². The molecule has 2 aliphatic heterocycles. The SMILES string of the molecule is CC(C)(c1ccc(OCC2CO2)cc1)c1ccc(OCC2CO2)cc1.CC(C)O.CC(C)OCC(O)COc1ccc(C(C)(C)c2ccc(OCC(O)COC(C)C)cc2)cc1.O=S(=O)(O)C(F)(F)F.O=S(=O)(O)C(F)(F)F.O=S(=O)(O)C(F)(F)F.[Er]. The van der Waals surface area contributed by atoms with Gasteiger partial charge in [0.25, 0.3) is 0 Å². The van der Waals surface area contributed by atoms with Gasteiger partial charge in [0, 0.05) is 54.2 Å². The summed E-state index contributed by atoms with van der Waals surface area (Å²) in [5.41, 5.74) is -12.1. The molecule has 0 spiro atoms. The number of benzene rings is 4. The van der Waals surface area contributed by atoms with Crippen molar-refractivity contribution in [2.24, 2.45) is 0 Å². The van der Waals surface area contributed by atoms with Gasteiger partial charge in [0.15, 0.2) is 0 Å². The monoisotopic (exact) mass is 1480 g/mol. The Balaban J connectivity index is 0.00000119. The van der Waals surface area contributed by atoms with Crippen molar-refractivity contribution < 1.29 is 169 Å². The van der Waals surface area contributed by atoms with Crippen LogP contribution < -0.4 is 18.9 Å². The van der Waals surface area contributed by atoms with E-state index in [-0.39, 0.29) is 105 Å². The molecule has 87 heavy (non-hydrogen) atoms. The van der Waals surface area contributed by atoms with Crippen molar-refractivity contribution in [1.29, 1.82) is 0 Å². The molecular weight excluding hydrogens is 1400 g/mol. The van der Waals surface area contributed by atoms with Crippen molar-refractivity contribution in [1.82, 2.24) is 0 Å². The minimum absolute atomic E-state index is 0. The number of ether oxygens (including phenoxy) is 8. The minimum atomic E-state index is -5.84. The third-order valence-electron chi connectivity index (χ3n) is 11.0. The Morgan fingerprint density at radius 2 is 0.609 bits per heavy atom. The quantitative estimate of drug-likeness (QED) is 0.0185. The summed E-state index contributed by atoms with van der Waals surface area (Å²) in [6, 6.07) is 32.5. The first-order chi connectivity index (χ1) is 39.2.